The Hall–Kier alpha value is -1.39. The lowest BCUT2D eigenvalue weighted by Gasteiger charge is -2.45. The summed E-state index contributed by atoms with van der Waals surface area (Å²) < 4.78 is 2.70. The Balaban J connectivity index is 1.29. The summed E-state index contributed by atoms with van der Waals surface area (Å²) in [7, 11) is 0. The number of rotatable bonds is 3. The summed E-state index contributed by atoms with van der Waals surface area (Å²) in [4.78, 5) is 8.21. The van der Waals surface area contributed by atoms with Crippen molar-refractivity contribution in [2.45, 2.75) is 107 Å². The fourth-order valence-electron chi connectivity index (χ4n) is 7.33. The van der Waals surface area contributed by atoms with E-state index in [1.165, 1.54) is 93.9 Å². The number of hydrogen-bond acceptors (Lipinski definition) is 3. The van der Waals surface area contributed by atoms with Crippen LogP contribution >= 0.6 is 0 Å². The zero-order valence-electron chi connectivity index (χ0n) is 18.4. The van der Waals surface area contributed by atoms with Crippen LogP contribution in [0.2, 0.25) is 0 Å². The number of nitrogens with one attached hydrogen (secondary N) is 1. The monoisotopic (exact) mass is 406 g/mol. The zero-order valence-corrected chi connectivity index (χ0v) is 18.4. The lowest BCUT2D eigenvalue weighted by atomic mass is 9.89. The van der Waals surface area contributed by atoms with E-state index in [0.29, 0.717) is 12.0 Å². The maximum atomic E-state index is 5.18. The van der Waals surface area contributed by atoms with Crippen LogP contribution in [0, 0.1) is 0 Å². The number of benzene rings is 1. The Morgan fingerprint density at radius 3 is 2.23 bits per heavy atom. The second-order valence-corrected chi connectivity index (χ2v) is 10.5. The molecule has 2 bridgehead atoms. The van der Waals surface area contributed by atoms with E-state index in [9.17, 15) is 0 Å². The van der Waals surface area contributed by atoms with E-state index >= 15 is 0 Å². The fraction of sp³-hybridized carbons (Fsp3) is 0.731. The average Bonchev–Trinajstić information content (AvgIpc) is 3.44. The molecule has 4 heteroatoms. The predicted molar refractivity (Wildman–Crippen MR) is 123 cm³/mol. The molecule has 3 aliphatic heterocycles. The maximum Gasteiger partial charge on any atom is 0.114 e. The van der Waals surface area contributed by atoms with Crippen molar-refractivity contribution in [1.29, 1.82) is 0 Å². The molecular weight excluding hydrogens is 368 g/mol. The van der Waals surface area contributed by atoms with E-state index in [1.54, 1.807) is 0 Å². The molecule has 1 N–H and O–H groups in total. The maximum absolute atomic E-state index is 5.18. The molecule has 2 unspecified atom stereocenters. The Labute approximate surface area is 181 Å². The van der Waals surface area contributed by atoms with E-state index in [-0.39, 0.29) is 0 Å². The highest BCUT2D eigenvalue weighted by atomic mass is 15.3. The largest absolute Gasteiger partial charge is 0.324 e. The number of aromatic nitrogens is 2. The summed E-state index contributed by atoms with van der Waals surface area (Å²) in [6.07, 6.45) is 16.9. The van der Waals surface area contributed by atoms with Crippen molar-refractivity contribution in [3.63, 3.8) is 0 Å². The molecule has 1 aromatic carbocycles. The standard InChI is InChI=1S/C26H38N4/c1-2-4-8-20(9-5-3-1)29-21-12-13-22(29)17-23(16-21)30-25-11-7-6-10-24(25)28-26(30)19-14-15-27-18-19/h6-7,10-11,19-23,27H,1-5,8-9,12-18H2/t19-,21?,22?,23?/m1/s1. The van der Waals surface area contributed by atoms with Gasteiger partial charge in [0.2, 0.25) is 0 Å². The van der Waals surface area contributed by atoms with Crippen LogP contribution in [0.25, 0.3) is 11.0 Å². The quantitative estimate of drug-likeness (QED) is 0.741. The molecule has 4 heterocycles. The first-order chi connectivity index (χ1) is 14.9. The van der Waals surface area contributed by atoms with Gasteiger partial charge in [0.1, 0.15) is 5.82 Å². The number of para-hydroxylation sites is 2. The number of hydrogen-bond donors (Lipinski definition) is 1. The highest BCUT2D eigenvalue weighted by molar-refractivity contribution is 5.76. The zero-order chi connectivity index (χ0) is 19.9. The van der Waals surface area contributed by atoms with Gasteiger partial charge in [0, 0.05) is 36.6 Å². The molecule has 4 fully saturated rings. The Morgan fingerprint density at radius 2 is 1.50 bits per heavy atom. The van der Waals surface area contributed by atoms with Crippen molar-refractivity contribution in [3.05, 3.63) is 30.1 Å². The Bertz CT molecular complexity index is 845. The second kappa shape index (κ2) is 8.27. The minimum absolute atomic E-state index is 0.582. The third-order valence-electron chi connectivity index (χ3n) is 8.67. The minimum atomic E-state index is 0.582. The molecule has 0 radical (unpaired) electrons. The van der Waals surface area contributed by atoms with Gasteiger partial charge in [-0.25, -0.2) is 4.98 Å². The summed E-state index contributed by atoms with van der Waals surface area (Å²) in [5, 5.41) is 3.57. The number of imidazole rings is 1. The first-order valence-corrected chi connectivity index (χ1v) is 12.8. The number of nitrogens with zero attached hydrogens (tertiary/aromatic N) is 3. The second-order valence-electron chi connectivity index (χ2n) is 10.5. The molecular formula is C26H38N4. The van der Waals surface area contributed by atoms with Gasteiger partial charge in [-0.3, -0.25) is 4.90 Å². The third kappa shape index (κ3) is 3.40. The van der Waals surface area contributed by atoms with E-state index in [0.717, 1.165) is 31.2 Å². The lowest BCUT2D eigenvalue weighted by molar-refractivity contribution is 0.0496. The highest BCUT2D eigenvalue weighted by Gasteiger charge is 2.45. The van der Waals surface area contributed by atoms with E-state index in [2.05, 4.69) is 39.0 Å². The van der Waals surface area contributed by atoms with Crippen LogP contribution in [0.3, 0.4) is 0 Å². The first kappa shape index (κ1) is 19.3. The SMILES string of the molecule is c1ccc2c(c1)nc([C@@H]1CCNC1)n2C1CC2CCC(C1)N2C1CCCCCCC1. The van der Waals surface area contributed by atoms with Crippen molar-refractivity contribution >= 4 is 11.0 Å². The van der Waals surface area contributed by atoms with Gasteiger partial charge in [0.25, 0.3) is 0 Å². The van der Waals surface area contributed by atoms with Crippen LogP contribution in [0.4, 0.5) is 0 Å². The van der Waals surface area contributed by atoms with Gasteiger partial charge in [0.15, 0.2) is 0 Å². The average molecular weight is 407 g/mol. The number of piperidine rings is 1. The topological polar surface area (TPSA) is 33.1 Å². The van der Waals surface area contributed by atoms with Crippen LogP contribution in [0.1, 0.15) is 94.8 Å². The van der Waals surface area contributed by atoms with Gasteiger partial charge in [-0.1, -0.05) is 44.2 Å². The van der Waals surface area contributed by atoms with Crippen molar-refractivity contribution in [1.82, 2.24) is 19.8 Å². The van der Waals surface area contributed by atoms with Gasteiger partial charge in [0.05, 0.1) is 11.0 Å². The van der Waals surface area contributed by atoms with Gasteiger partial charge in [-0.2, -0.15) is 0 Å². The van der Waals surface area contributed by atoms with Crippen LogP contribution in [0.15, 0.2) is 24.3 Å². The van der Waals surface area contributed by atoms with E-state index in [4.69, 9.17) is 4.98 Å². The molecule has 0 amide bonds. The smallest absolute Gasteiger partial charge is 0.114 e. The van der Waals surface area contributed by atoms with Crippen molar-refractivity contribution in [3.8, 4) is 0 Å². The van der Waals surface area contributed by atoms with Crippen LogP contribution in [0.5, 0.6) is 0 Å². The molecule has 2 aromatic rings. The van der Waals surface area contributed by atoms with Crippen LogP contribution in [-0.4, -0.2) is 45.7 Å². The third-order valence-corrected chi connectivity index (χ3v) is 8.67. The molecule has 3 atom stereocenters. The predicted octanol–water partition coefficient (Wildman–Crippen LogP) is 5.39. The van der Waals surface area contributed by atoms with Gasteiger partial charge < -0.3 is 9.88 Å². The normalized spacial score (nSPS) is 33.7. The summed E-state index contributed by atoms with van der Waals surface area (Å²) in [5.41, 5.74) is 2.58. The number of fused-ring (bicyclic) bond motifs is 3. The van der Waals surface area contributed by atoms with E-state index < -0.39 is 0 Å². The van der Waals surface area contributed by atoms with Crippen LogP contribution in [-0.2, 0) is 0 Å². The molecule has 30 heavy (non-hydrogen) atoms. The van der Waals surface area contributed by atoms with Gasteiger partial charge in [-0.05, 0) is 63.6 Å². The molecule has 6 rings (SSSR count). The lowest BCUT2D eigenvalue weighted by Crippen LogP contribution is -2.49. The van der Waals surface area contributed by atoms with Crippen molar-refractivity contribution < 1.29 is 0 Å². The van der Waals surface area contributed by atoms with E-state index in [1.807, 2.05) is 0 Å². The summed E-state index contributed by atoms with van der Waals surface area (Å²) in [5.74, 6) is 1.95. The first-order valence-electron chi connectivity index (χ1n) is 12.8. The molecule has 1 aromatic heterocycles. The summed E-state index contributed by atoms with van der Waals surface area (Å²) in [6.45, 7) is 2.23. The molecule has 1 saturated carbocycles. The molecule has 1 aliphatic carbocycles. The van der Waals surface area contributed by atoms with Crippen molar-refractivity contribution in [2.75, 3.05) is 13.1 Å². The molecule has 162 valence electrons. The van der Waals surface area contributed by atoms with Gasteiger partial charge in [-0.15, -0.1) is 0 Å². The Kier molecular flexibility index (Phi) is 5.32. The highest BCUT2D eigenvalue weighted by Crippen LogP contribution is 2.45. The Morgan fingerprint density at radius 1 is 0.767 bits per heavy atom. The minimum Gasteiger partial charge on any atom is -0.324 e. The van der Waals surface area contributed by atoms with Crippen molar-refractivity contribution in [2.24, 2.45) is 0 Å². The molecule has 3 saturated heterocycles. The fourth-order valence-corrected chi connectivity index (χ4v) is 7.33. The molecule has 4 aliphatic rings. The molecule has 4 nitrogen and oxygen atoms in total. The van der Waals surface area contributed by atoms with Crippen LogP contribution < -0.4 is 5.32 Å². The summed E-state index contributed by atoms with van der Waals surface area (Å²) in [6, 6.07) is 12.0. The summed E-state index contributed by atoms with van der Waals surface area (Å²) >= 11 is 0. The van der Waals surface area contributed by atoms with Gasteiger partial charge >= 0.3 is 0 Å². The molecule has 0 spiro atoms.